The van der Waals surface area contributed by atoms with E-state index >= 15 is 0 Å². The number of nitrogens with one attached hydrogen (secondary N) is 1. The third-order valence-electron chi connectivity index (χ3n) is 4.80. The van der Waals surface area contributed by atoms with E-state index in [0.717, 1.165) is 22.6 Å². The van der Waals surface area contributed by atoms with Gasteiger partial charge in [0.05, 0.1) is 5.02 Å². The Hall–Kier alpha value is -1.91. The molecule has 2 atom stereocenters. The molecule has 1 saturated carbocycles. The van der Waals surface area contributed by atoms with Gasteiger partial charge >= 0.3 is 0 Å². The highest BCUT2D eigenvalue weighted by Crippen LogP contribution is 2.49. The predicted octanol–water partition coefficient (Wildman–Crippen LogP) is 4.23. The highest BCUT2D eigenvalue weighted by molar-refractivity contribution is 6.32. The van der Waals surface area contributed by atoms with Crippen LogP contribution in [0, 0.1) is 5.92 Å². The van der Waals surface area contributed by atoms with E-state index in [1.165, 1.54) is 0 Å². The molecule has 1 heterocycles. The summed E-state index contributed by atoms with van der Waals surface area (Å²) in [5, 5.41) is 4.30. The van der Waals surface area contributed by atoms with Crippen molar-refractivity contribution in [1.29, 1.82) is 0 Å². The van der Waals surface area contributed by atoms with Crippen LogP contribution >= 0.6 is 23.2 Å². The van der Waals surface area contributed by atoms with Crippen molar-refractivity contribution in [1.82, 2.24) is 5.32 Å². The van der Waals surface area contributed by atoms with E-state index in [2.05, 4.69) is 5.32 Å². The molecule has 4 nitrogen and oxygen atoms in total. The number of rotatable bonds is 5. The summed E-state index contributed by atoms with van der Waals surface area (Å²) in [6.45, 7) is 1.59. The van der Waals surface area contributed by atoms with Crippen LogP contribution in [-0.4, -0.2) is 25.7 Å². The fraction of sp³-hybridized carbons (Fsp3) is 0.350. The van der Waals surface area contributed by atoms with Gasteiger partial charge in [0, 0.05) is 17.5 Å². The number of amides is 1. The standard InChI is InChI=1S/C20H19Cl2NO3/c21-16-4-2-1-3-13(16)14-11-15(14)20(24)23-6-5-12-9-17(22)19-18(10-12)25-7-8-26-19/h1-4,9-10,14-15H,5-8,11H2,(H,23,24). The Morgan fingerprint density at radius 2 is 1.92 bits per heavy atom. The van der Waals surface area contributed by atoms with Gasteiger partial charge in [-0.25, -0.2) is 0 Å². The lowest BCUT2D eigenvalue weighted by molar-refractivity contribution is -0.122. The maximum atomic E-state index is 12.4. The lowest BCUT2D eigenvalue weighted by Gasteiger charge is -2.20. The van der Waals surface area contributed by atoms with Crippen molar-refractivity contribution in [2.75, 3.05) is 19.8 Å². The van der Waals surface area contributed by atoms with Crippen molar-refractivity contribution in [2.45, 2.75) is 18.8 Å². The van der Waals surface area contributed by atoms with Crippen molar-refractivity contribution in [3.63, 3.8) is 0 Å². The zero-order chi connectivity index (χ0) is 18.1. The van der Waals surface area contributed by atoms with E-state index in [-0.39, 0.29) is 17.7 Å². The number of ether oxygens (including phenoxy) is 2. The number of carbonyl (C=O) groups excluding carboxylic acids is 1. The first-order valence-corrected chi connectivity index (χ1v) is 9.49. The Morgan fingerprint density at radius 1 is 1.12 bits per heavy atom. The second-order valence-electron chi connectivity index (χ2n) is 6.61. The molecule has 4 rings (SSSR count). The van der Waals surface area contributed by atoms with Gasteiger partial charge in [-0.15, -0.1) is 0 Å². The molecule has 2 aliphatic rings. The summed E-state index contributed by atoms with van der Waals surface area (Å²) in [5.41, 5.74) is 2.07. The number of fused-ring (bicyclic) bond motifs is 1. The first-order valence-electron chi connectivity index (χ1n) is 8.73. The molecule has 1 N–H and O–H groups in total. The predicted molar refractivity (Wildman–Crippen MR) is 101 cm³/mol. The lowest BCUT2D eigenvalue weighted by atomic mass is 10.1. The first kappa shape index (κ1) is 17.5. The molecule has 1 fully saturated rings. The number of carbonyl (C=O) groups is 1. The van der Waals surface area contributed by atoms with Crippen molar-refractivity contribution in [3.05, 3.63) is 57.6 Å². The minimum absolute atomic E-state index is 0.0127. The van der Waals surface area contributed by atoms with E-state index in [1.54, 1.807) is 0 Å². The van der Waals surface area contributed by atoms with Gasteiger partial charge in [0.1, 0.15) is 13.2 Å². The van der Waals surface area contributed by atoms with Gasteiger partial charge in [-0.2, -0.15) is 0 Å². The van der Waals surface area contributed by atoms with Gasteiger partial charge < -0.3 is 14.8 Å². The van der Waals surface area contributed by atoms with Crippen molar-refractivity contribution < 1.29 is 14.3 Å². The largest absolute Gasteiger partial charge is 0.486 e. The van der Waals surface area contributed by atoms with E-state index < -0.39 is 0 Å². The van der Waals surface area contributed by atoms with Crippen molar-refractivity contribution >= 4 is 29.1 Å². The topological polar surface area (TPSA) is 47.6 Å². The zero-order valence-corrected chi connectivity index (χ0v) is 15.6. The minimum atomic E-state index is 0.0127. The second-order valence-corrected chi connectivity index (χ2v) is 7.43. The fourth-order valence-corrected chi connectivity index (χ4v) is 3.94. The molecule has 1 amide bonds. The maximum absolute atomic E-state index is 12.4. The Balaban J connectivity index is 1.31. The van der Waals surface area contributed by atoms with Gasteiger partial charge in [0.15, 0.2) is 11.5 Å². The van der Waals surface area contributed by atoms with Gasteiger partial charge in [-0.1, -0.05) is 41.4 Å². The summed E-state index contributed by atoms with van der Waals surface area (Å²) in [6.07, 6.45) is 1.54. The molecular weight excluding hydrogens is 373 g/mol. The fourth-order valence-electron chi connectivity index (χ4n) is 3.37. The highest BCUT2D eigenvalue weighted by Gasteiger charge is 2.44. The number of hydrogen-bond acceptors (Lipinski definition) is 3. The molecule has 2 unspecified atom stereocenters. The third-order valence-corrected chi connectivity index (χ3v) is 5.43. The van der Waals surface area contributed by atoms with Crippen LogP contribution in [0.5, 0.6) is 11.5 Å². The maximum Gasteiger partial charge on any atom is 0.223 e. The monoisotopic (exact) mass is 391 g/mol. The van der Waals surface area contributed by atoms with Crippen molar-refractivity contribution in [3.8, 4) is 11.5 Å². The summed E-state index contributed by atoms with van der Waals surface area (Å²) in [6, 6.07) is 11.5. The molecule has 2 aromatic carbocycles. The Labute approximate surface area is 162 Å². The minimum Gasteiger partial charge on any atom is -0.486 e. The van der Waals surface area contributed by atoms with E-state index in [1.807, 2.05) is 36.4 Å². The third kappa shape index (κ3) is 3.62. The van der Waals surface area contributed by atoms with Crippen LogP contribution in [0.3, 0.4) is 0 Å². The Morgan fingerprint density at radius 3 is 2.77 bits per heavy atom. The van der Waals surface area contributed by atoms with Gasteiger partial charge in [0.25, 0.3) is 0 Å². The van der Waals surface area contributed by atoms with Crippen LogP contribution in [0.4, 0.5) is 0 Å². The average molecular weight is 392 g/mol. The molecule has 1 aliphatic heterocycles. The van der Waals surface area contributed by atoms with E-state index in [4.69, 9.17) is 32.7 Å². The Bertz CT molecular complexity index is 840. The lowest BCUT2D eigenvalue weighted by Crippen LogP contribution is -2.27. The summed E-state index contributed by atoms with van der Waals surface area (Å²) in [7, 11) is 0. The molecule has 0 saturated heterocycles. The van der Waals surface area contributed by atoms with Crippen LogP contribution in [0.2, 0.25) is 10.0 Å². The molecule has 0 aromatic heterocycles. The van der Waals surface area contributed by atoms with E-state index in [9.17, 15) is 4.79 Å². The molecule has 6 heteroatoms. The normalized spacial score (nSPS) is 20.5. The molecule has 0 spiro atoms. The number of hydrogen-bond donors (Lipinski definition) is 1. The molecule has 1 aliphatic carbocycles. The summed E-state index contributed by atoms with van der Waals surface area (Å²) in [5.74, 6) is 1.60. The molecule has 136 valence electrons. The molecule has 26 heavy (non-hydrogen) atoms. The van der Waals surface area contributed by atoms with Crippen LogP contribution in [-0.2, 0) is 11.2 Å². The second kappa shape index (κ2) is 7.37. The quantitative estimate of drug-likeness (QED) is 0.829. The Kier molecular flexibility index (Phi) is 4.96. The van der Waals surface area contributed by atoms with Crippen LogP contribution in [0.25, 0.3) is 0 Å². The average Bonchev–Trinajstić information content (AvgIpc) is 3.43. The van der Waals surface area contributed by atoms with Crippen LogP contribution in [0.1, 0.15) is 23.5 Å². The summed E-state index contributed by atoms with van der Waals surface area (Å²) in [4.78, 5) is 12.4. The molecule has 0 bridgehead atoms. The SMILES string of the molecule is O=C(NCCc1cc(Cl)c2c(c1)OCCO2)C1CC1c1ccccc1Cl. The zero-order valence-electron chi connectivity index (χ0n) is 14.1. The first-order chi connectivity index (χ1) is 12.6. The summed E-state index contributed by atoms with van der Waals surface area (Å²) >= 11 is 12.5. The highest BCUT2D eigenvalue weighted by atomic mass is 35.5. The smallest absolute Gasteiger partial charge is 0.223 e. The number of halogens is 2. The van der Waals surface area contributed by atoms with Crippen LogP contribution in [0.15, 0.2) is 36.4 Å². The van der Waals surface area contributed by atoms with Gasteiger partial charge in [-0.3, -0.25) is 4.79 Å². The van der Waals surface area contributed by atoms with Crippen LogP contribution < -0.4 is 14.8 Å². The summed E-state index contributed by atoms with van der Waals surface area (Å²) < 4.78 is 11.1. The van der Waals surface area contributed by atoms with Crippen molar-refractivity contribution in [2.24, 2.45) is 5.92 Å². The molecule has 2 aromatic rings. The van der Waals surface area contributed by atoms with Gasteiger partial charge in [-0.05, 0) is 48.1 Å². The van der Waals surface area contributed by atoms with Gasteiger partial charge in [0.2, 0.25) is 5.91 Å². The molecule has 0 radical (unpaired) electrons. The molecular formula is C20H19Cl2NO3. The van der Waals surface area contributed by atoms with E-state index in [0.29, 0.717) is 42.7 Å². The number of benzene rings is 2.